The molecule has 0 fully saturated rings. The average molecular weight is 193 g/mol. The van der Waals surface area contributed by atoms with Gasteiger partial charge >= 0.3 is 0 Å². The predicted octanol–water partition coefficient (Wildman–Crippen LogP) is 1.51. The number of allylic oxidation sites excluding steroid dienone is 1. The third-order valence-electron chi connectivity index (χ3n) is 1.56. The minimum atomic E-state index is -0.579. The summed E-state index contributed by atoms with van der Waals surface area (Å²) >= 11 is 0. The van der Waals surface area contributed by atoms with Crippen molar-refractivity contribution in [3.05, 3.63) is 40.0 Å². The molecular weight excluding hydrogens is 186 g/mol. The zero-order chi connectivity index (χ0) is 10.6. The first-order chi connectivity index (χ1) is 6.65. The molecule has 1 N–H and O–H groups in total. The molecular formula is C9H7NO4. The van der Waals surface area contributed by atoms with Crippen molar-refractivity contribution in [2.75, 3.05) is 0 Å². The Morgan fingerprint density at radius 1 is 1.43 bits per heavy atom. The molecule has 0 spiro atoms. The predicted molar refractivity (Wildman–Crippen MR) is 49.9 cm³/mol. The third kappa shape index (κ3) is 2.16. The molecule has 0 amide bonds. The highest BCUT2D eigenvalue weighted by atomic mass is 16.6. The van der Waals surface area contributed by atoms with E-state index in [0.29, 0.717) is 6.29 Å². The lowest BCUT2D eigenvalue weighted by molar-refractivity contribution is -0.385. The lowest BCUT2D eigenvalue weighted by Gasteiger charge is -1.97. The Morgan fingerprint density at radius 2 is 2.14 bits per heavy atom. The molecule has 0 atom stereocenters. The van der Waals surface area contributed by atoms with Gasteiger partial charge in [0.2, 0.25) is 0 Å². The quantitative estimate of drug-likeness (QED) is 0.341. The fraction of sp³-hybridized carbons (Fsp3) is 0. The van der Waals surface area contributed by atoms with Gasteiger partial charge < -0.3 is 5.11 Å². The highest BCUT2D eigenvalue weighted by molar-refractivity contribution is 5.76. The van der Waals surface area contributed by atoms with E-state index >= 15 is 0 Å². The van der Waals surface area contributed by atoms with Crippen molar-refractivity contribution >= 4 is 18.0 Å². The van der Waals surface area contributed by atoms with Gasteiger partial charge in [0.25, 0.3) is 5.69 Å². The number of benzene rings is 1. The van der Waals surface area contributed by atoms with E-state index in [4.69, 9.17) is 5.11 Å². The van der Waals surface area contributed by atoms with Crippen molar-refractivity contribution in [3.63, 3.8) is 0 Å². The van der Waals surface area contributed by atoms with E-state index in [1.54, 1.807) is 0 Å². The summed E-state index contributed by atoms with van der Waals surface area (Å²) in [4.78, 5) is 19.9. The number of aldehydes is 1. The van der Waals surface area contributed by atoms with Crippen LogP contribution in [0.3, 0.4) is 0 Å². The maximum Gasteiger partial charge on any atom is 0.276 e. The second-order valence-corrected chi connectivity index (χ2v) is 2.50. The zero-order valence-corrected chi connectivity index (χ0v) is 7.08. The summed E-state index contributed by atoms with van der Waals surface area (Å²) in [5.41, 5.74) is 0.0444. The van der Waals surface area contributed by atoms with Crippen molar-refractivity contribution in [2.24, 2.45) is 0 Å². The Balaban J connectivity index is 3.22. The molecule has 14 heavy (non-hydrogen) atoms. The smallest absolute Gasteiger partial charge is 0.276 e. The van der Waals surface area contributed by atoms with Gasteiger partial charge in [0.1, 0.15) is 12.0 Å². The number of hydrogen-bond acceptors (Lipinski definition) is 4. The number of carbonyl (C=O) groups is 1. The molecule has 0 saturated heterocycles. The highest BCUT2D eigenvalue weighted by Crippen LogP contribution is 2.24. The number of phenolic OH excluding ortho intramolecular Hbond substituents is 1. The van der Waals surface area contributed by atoms with Crippen LogP contribution in [0, 0.1) is 10.1 Å². The molecule has 0 aromatic heterocycles. The summed E-state index contributed by atoms with van der Waals surface area (Å²) in [5, 5.41) is 19.6. The molecule has 0 unspecified atom stereocenters. The highest BCUT2D eigenvalue weighted by Gasteiger charge is 2.11. The van der Waals surface area contributed by atoms with E-state index in [1.165, 1.54) is 24.3 Å². The molecule has 72 valence electrons. The van der Waals surface area contributed by atoms with Gasteiger partial charge in [0.05, 0.1) is 10.5 Å². The van der Waals surface area contributed by atoms with Gasteiger partial charge in [-0.1, -0.05) is 0 Å². The molecule has 0 aliphatic rings. The SMILES string of the molecule is O=C/C=C/c1cc(O)ccc1[N+](=O)[O-]. The van der Waals surface area contributed by atoms with Crippen molar-refractivity contribution < 1.29 is 14.8 Å². The van der Waals surface area contributed by atoms with Gasteiger partial charge in [-0.3, -0.25) is 14.9 Å². The fourth-order valence-corrected chi connectivity index (χ4v) is 0.985. The monoisotopic (exact) mass is 193 g/mol. The molecule has 5 heteroatoms. The van der Waals surface area contributed by atoms with E-state index < -0.39 is 4.92 Å². The summed E-state index contributed by atoms with van der Waals surface area (Å²) in [7, 11) is 0. The molecule has 0 bridgehead atoms. The largest absolute Gasteiger partial charge is 0.508 e. The Kier molecular flexibility index (Phi) is 2.96. The molecule has 1 aromatic rings. The molecule has 0 saturated carbocycles. The van der Waals surface area contributed by atoms with Crippen LogP contribution in [-0.2, 0) is 4.79 Å². The van der Waals surface area contributed by atoms with E-state index in [0.717, 1.165) is 6.08 Å². The zero-order valence-electron chi connectivity index (χ0n) is 7.08. The maximum absolute atomic E-state index is 10.5. The van der Waals surface area contributed by atoms with Crippen LogP contribution in [0.4, 0.5) is 5.69 Å². The van der Waals surface area contributed by atoms with E-state index in [2.05, 4.69) is 0 Å². The minimum absolute atomic E-state index is 0.0823. The van der Waals surface area contributed by atoms with Crippen molar-refractivity contribution in [3.8, 4) is 5.75 Å². The number of nitro groups is 1. The Bertz CT molecular complexity index is 398. The van der Waals surface area contributed by atoms with Gasteiger partial charge in [0, 0.05) is 6.07 Å². The molecule has 0 heterocycles. The number of aromatic hydroxyl groups is 1. The van der Waals surface area contributed by atoms with Gasteiger partial charge in [-0.05, 0) is 24.3 Å². The molecule has 1 aromatic carbocycles. The van der Waals surface area contributed by atoms with Crippen LogP contribution in [-0.4, -0.2) is 16.3 Å². The Labute approximate surface area is 79.4 Å². The molecule has 0 aliphatic carbocycles. The van der Waals surface area contributed by atoms with Gasteiger partial charge in [0.15, 0.2) is 0 Å². The summed E-state index contributed by atoms with van der Waals surface area (Å²) in [6.07, 6.45) is 2.90. The van der Waals surface area contributed by atoms with Crippen molar-refractivity contribution in [2.45, 2.75) is 0 Å². The summed E-state index contributed by atoms with van der Waals surface area (Å²) in [6, 6.07) is 3.62. The number of nitro benzene ring substituents is 1. The van der Waals surface area contributed by atoms with Crippen LogP contribution in [0.2, 0.25) is 0 Å². The second-order valence-electron chi connectivity index (χ2n) is 2.50. The topological polar surface area (TPSA) is 80.4 Å². The Morgan fingerprint density at radius 3 is 2.71 bits per heavy atom. The normalized spacial score (nSPS) is 10.3. The molecule has 1 rings (SSSR count). The van der Waals surface area contributed by atoms with E-state index in [9.17, 15) is 14.9 Å². The first kappa shape index (κ1) is 9.91. The van der Waals surface area contributed by atoms with Crippen LogP contribution in [0.5, 0.6) is 5.75 Å². The fourth-order valence-electron chi connectivity index (χ4n) is 0.985. The average Bonchev–Trinajstić information content (AvgIpc) is 2.14. The van der Waals surface area contributed by atoms with Crippen molar-refractivity contribution in [1.29, 1.82) is 0 Å². The van der Waals surface area contributed by atoms with Crippen molar-refractivity contribution in [1.82, 2.24) is 0 Å². The number of rotatable bonds is 3. The van der Waals surface area contributed by atoms with Crippen LogP contribution in [0.1, 0.15) is 5.56 Å². The number of hydrogen-bond donors (Lipinski definition) is 1. The number of nitrogens with zero attached hydrogens (tertiary/aromatic N) is 1. The first-order valence-corrected chi connectivity index (χ1v) is 3.74. The van der Waals surface area contributed by atoms with Gasteiger partial charge in [-0.25, -0.2) is 0 Å². The van der Waals surface area contributed by atoms with Gasteiger partial charge in [-0.2, -0.15) is 0 Å². The van der Waals surface area contributed by atoms with Gasteiger partial charge in [-0.15, -0.1) is 0 Å². The Hall–Kier alpha value is -2.17. The number of phenols is 1. The standard InChI is InChI=1S/C9H7NO4/c11-5-1-2-7-6-8(12)3-4-9(7)10(13)14/h1-6,12H/b2-1+. The van der Waals surface area contributed by atoms with E-state index in [1.807, 2.05) is 0 Å². The number of carbonyl (C=O) groups excluding carboxylic acids is 1. The van der Waals surface area contributed by atoms with Crippen LogP contribution >= 0.6 is 0 Å². The first-order valence-electron chi connectivity index (χ1n) is 3.74. The minimum Gasteiger partial charge on any atom is -0.508 e. The van der Waals surface area contributed by atoms with Crippen LogP contribution in [0.25, 0.3) is 6.08 Å². The van der Waals surface area contributed by atoms with Crippen LogP contribution in [0.15, 0.2) is 24.3 Å². The lowest BCUT2D eigenvalue weighted by atomic mass is 10.1. The summed E-state index contributed by atoms with van der Waals surface area (Å²) in [5.74, 6) is -0.0823. The maximum atomic E-state index is 10.5. The summed E-state index contributed by atoms with van der Waals surface area (Å²) < 4.78 is 0. The second kappa shape index (κ2) is 4.18. The summed E-state index contributed by atoms with van der Waals surface area (Å²) in [6.45, 7) is 0. The van der Waals surface area contributed by atoms with E-state index in [-0.39, 0.29) is 17.0 Å². The van der Waals surface area contributed by atoms with Crippen LogP contribution < -0.4 is 0 Å². The molecule has 0 radical (unpaired) electrons. The lowest BCUT2D eigenvalue weighted by Crippen LogP contribution is -1.90. The third-order valence-corrected chi connectivity index (χ3v) is 1.56. The molecule has 0 aliphatic heterocycles. The molecule has 5 nitrogen and oxygen atoms in total.